The highest BCUT2D eigenvalue weighted by molar-refractivity contribution is 5.67. The zero-order valence-corrected chi connectivity index (χ0v) is 11.7. The maximum absolute atomic E-state index is 13.7. The van der Waals surface area contributed by atoms with E-state index in [1.54, 1.807) is 18.2 Å². The number of aromatic nitrogens is 4. The summed E-state index contributed by atoms with van der Waals surface area (Å²) >= 11 is 0. The fourth-order valence-electron chi connectivity index (χ4n) is 2.27. The fraction of sp³-hybridized carbons (Fsp3) is 0.429. The Bertz CT molecular complexity index is 615. The number of nitrogens with zero attached hydrogens (tertiary/aromatic N) is 4. The van der Waals surface area contributed by atoms with Gasteiger partial charge in [-0.05, 0) is 28.5 Å². The van der Waals surface area contributed by atoms with E-state index in [0.29, 0.717) is 17.8 Å². The lowest BCUT2D eigenvalue weighted by Crippen LogP contribution is -2.18. The van der Waals surface area contributed by atoms with Gasteiger partial charge >= 0.3 is 5.97 Å². The molecule has 1 N–H and O–H groups in total. The molecule has 0 fully saturated rings. The SMILES string of the molecule is CCCC(CC(=O)O)n1nnnc1Cc1ccccc1F. The normalized spacial score (nSPS) is 12.3. The monoisotopic (exact) mass is 292 g/mol. The van der Waals surface area contributed by atoms with Gasteiger partial charge in [0.25, 0.3) is 0 Å². The second-order valence-corrected chi connectivity index (χ2v) is 4.85. The number of aliphatic carboxylic acids is 1. The molecule has 1 heterocycles. The number of carboxylic acids is 1. The van der Waals surface area contributed by atoms with Gasteiger partial charge in [0, 0.05) is 6.42 Å². The molecule has 0 spiro atoms. The van der Waals surface area contributed by atoms with Crippen molar-refractivity contribution < 1.29 is 14.3 Å². The molecule has 2 aromatic rings. The number of benzene rings is 1. The molecule has 0 bridgehead atoms. The van der Waals surface area contributed by atoms with E-state index in [1.807, 2.05) is 6.92 Å². The molecule has 1 aromatic carbocycles. The van der Waals surface area contributed by atoms with Gasteiger partial charge in [0.2, 0.25) is 0 Å². The third-order valence-electron chi connectivity index (χ3n) is 3.25. The predicted molar refractivity (Wildman–Crippen MR) is 73.2 cm³/mol. The van der Waals surface area contributed by atoms with Crippen LogP contribution in [0.5, 0.6) is 0 Å². The Labute approximate surface area is 121 Å². The highest BCUT2D eigenvalue weighted by Gasteiger charge is 2.20. The van der Waals surface area contributed by atoms with Gasteiger partial charge in [-0.1, -0.05) is 31.5 Å². The Morgan fingerprint density at radius 1 is 1.43 bits per heavy atom. The number of hydrogen-bond donors (Lipinski definition) is 1. The summed E-state index contributed by atoms with van der Waals surface area (Å²) in [5.74, 6) is -0.752. The van der Waals surface area contributed by atoms with Crippen LogP contribution in [0, 0.1) is 5.82 Å². The fourth-order valence-corrected chi connectivity index (χ4v) is 2.27. The molecule has 0 saturated carbocycles. The summed E-state index contributed by atoms with van der Waals surface area (Å²) in [6.07, 6.45) is 1.65. The van der Waals surface area contributed by atoms with Crippen LogP contribution in [0.4, 0.5) is 4.39 Å². The summed E-state index contributed by atoms with van der Waals surface area (Å²) in [5.41, 5.74) is 0.485. The van der Waals surface area contributed by atoms with Crippen molar-refractivity contribution in [3.05, 3.63) is 41.5 Å². The highest BCUT2D eigenvalue weighted by Crippen LogP contribution is 2.20. The standard InChI is InChI=1S/C14H17FN4O2/c1-2-5-11(9-14(20)21)19-13(16-17-18-19)8-10-6-3-4-7-12(10)15/h3-4,6-7,11H,2,5,8-9H2,1H3,(H,20,21). The van der Waals surface area contributed by atoms with Crippen LogP contribution in [0.3, 0.4) is 0 Å². The molecule has 0 aliphatic carbocycles. The summed E-state index contributed by atoms with van der Waals surface area (Å²) in [6.45, 7) is 1.97. The van der Waals surface area contributed by atoms with Gasteiger partial charge < -0.3 is 5.11 Å². The molecular formula is C14H17FN4O2. The van der Waals surface area contributed by atoms with E-state index in [9.17, 15) is 9.18 Å². The molecule has 1 atom stereocenters. The maximum atomic E-state index is 13.7. The molecule has 0 radical (unpaired) electrons. The van der Waals surface area contributed by atoms with Crippen LogP contribution in [0.15, 0.2) is 24.3 Å². The van der Waals surface area contributed by atoms with Gasteiger partial charge in [-0.2, -0.15) is 0 Å². The molecule has 112 valence electrons. The van der Waals surface area contributed by atoms with Crippen LogP contribution in [-0.4, -0.2) is 31.3 Å². The first kappa shape index (κ1) is 15.1. The van der Waals surface area contributed by atoms with E-state index in [4.69, 9.17) is 5.11 Å². The Kier molecular flexibility index (Phi) is 4.97. The van der Waals surface area contributed by atoms with Gasteiger partial charge in [-0.15, -0.1) is 5.10 Å². The van der Waals surface area contributed by atoms with Gasteiger partial charge in [0.15, 0.2) is 5.82 Å². The number of tetrazole rings is 1. The minimum atomic E-state index is -0.902. The average molecular weight is 292 g/mol. The molecule has 0 aliphatic rings. The Morgan fingerprint density at radius 3 is 2.86 bits per heavy atom. The third kappa shape index (κ3) is 3.84. The van der Waals surface area contributed by atoms with Crippen molar-refractivity contribution in [2.75, 3.05) is 0 Å². The number of halogens is 1. The van der Waals surface area contributed by atoms with Gasteiger partial charge in [0.05, 0.1) is 12.5 Å². The molecule has 0 amide bonds. The first-order chi connectivity index (χ1) is 10.1. The molecule has 6 nitrogen and oxygen atoms in total. The van der Waals surface area contributed by atoms with E-state index >= 15 is 0 Å². The molecule has 1 unspecified atom stereocenters. The van der Waals surface area contributed by atoms with Crippen LogP contribution in [0.25, 0.3) is 0 Å². The van der Waals surface area contributed by atoms with E-state index in [0.717, 1.165) is 6.42 Å². The van der Waals surface area contributed by atoms with Gasteiger partial charge in [0.1, 0.15) is 5.82 Å². The molecular weight excluding hydrogens is 275 g/mol. The van der Waals surface area contributed by atoms with Crippen LogP contribution >= 0.6 is 0 Å². The zero-order chi connectivity index (χ0) is 15.2. The molecule has 7 heteroatoms. The van der Waals surface area contributed by atoms with Crippen LogP contribution in [0.2, 0.25) is 0 Å². The number of hydrogen-bond acceptors (Lipinski definition) is 4. The zero-order valence-electron chi connectivity index (χ0n) is 11.7. The second kappa shape index (κ2) is 6.92. The number of carboxylic acid groups (broad SMARTS) is 1. The van der Waals surface area contributed by atoms with Crippen molar-refractivity contribution in [2.45, 2.75) is 38.6 Å². The lowest BCUT2D eigenvalue weighted by atomic mass is 10.1. The van der Waals surface area contributed by atoms with Gasteiger partial charge in [-0.3, -0.25) is 4.79 Å². The van der Waals surface area contributed by atoms with Crippen molar-refractivity contribution in [1.29, 1.82) is 0 Å². The first-order valence-corrected chi connectivity index (χ1v) is 6.83. The average Bonchev–Trinajstić information content (AvgIpc) is 2.88. The summed E-state index contributed by atoms with van der Waals surface area (Å²) in [6, 6.07) is 6.09. The lowest BCUT2D eigenvalue weighted by Gasteiger charge is -2.15. The lowest BCUT2D eigenvalue weighted by molar-refractivity contribution is -0.138. The largest absolute Gasteiger partial charge is 0.481 e. The quantitative estimate of drug-likeness (QED) is 0.846. The Balaban J connectivity index is 2.24. The molecule has 0 saturated heterocycles. The van der Waals surface area contributed by atoms with Gasteiger partial charge in [-0.25, -0.2) is 9.07 Å². The topological polar surface area (TPSA) is 80.9 Å². The van der Waals surface area contributed by atoms with E-state index in [2.05, 4.69) is 15.5 Å². The molecule has 21 heavy (non-hydrogen) atoms. The summed E-state index contributed by atoms with van der Waals surface area (Å²) in [7, 11) is 0. The molecule has 2 rings (SSSR count). The van der Waals surface area contributed by atoms with Crippen molar-refractivity contribution >= 4 is 5.97 Å². The smallest absolute Gasteiger partial charge is 0.305 e. The van der Waals surface area contributed by atoms with E-state index < -0.39 is 5.97 Å². The maximum Gasteiger partial charge on any atom is 0.305 e. The van der Waals surface area contributed by atoms with Crippen LogP contribution in [0.1, 0.15) is 43.6 Å². The van der Waals surface area contributed by atoms with Crippen molar-refractivity contribution in [3.8, 4) is 0 Å². The minimum absolute atomic E-state index is 0.0524. The Hall–Kier alpha value is -2.31. The van der Waals surface area contributed by atoms with Crippen molar-refractivity contribution in [3.63, 3.8) is 0 Å². The second-order valence-electron chi connectivity index (χ2n) is 4.85. The molecule has 0 aliphatic heterocycles. The highest BCUT2D eigenvalue weighted by atomic mass is 19.1. The summed E-state index contributed by atoms with van der Waals surface area (Å²) in [5, 5.41) is 20.4. The van der Waals surface area contributed by atoms with Crippen LogP contribution in [-0.2, 0) is 11.2 Å². The van der Waals surface area contributed by atoms with Crippen LogP contribution < -0.4 is 0 Å². The summed E-state index contributed by atoms with van der Waals surface area (Å²) in [4.78, 5) is 11.0. The van der Waals surface area contributed by atoms with Crippen molar-refractivity contribution in [2.24, 2.45) is 0 Å². The van der Waals surface area contributed by atoms with E-state index in [-0.39, 0.29) is 24.7 Å². The Morgan fingerprint density at radius 2 is 2.19 bits per heavy atom. The summed E-state index contributed by atoms with van der Waals surface area (Å²) < 4.78 is 15.2. The minimum Gasteiger partial charge on any atom is -0.481 e. The molecule has 1 aromatic heterocycles. The number of carbonyl (C=O) groups is 1. The first-order valence-electron chi connectivity index (χ1n) is 6.83. The predicted octanol–water partition coefficient (Wildman–Crippen LogP) is 2.22. The number of rotatable bonds is 7. The third-order valence-corrected chi connectivity index (χ3v) is 3.25. The van der Waals surface area contributed by atoms with E-state index in [1.165, 1.54) is 10.7 Å². The van der Waals surface area contributed by atoms with Crippen molar-refractivity contribution in [1.82, 2.24) is 20.2 Å².